The monoisotopic (exact) mass is 320 g/mol. The number of anilines is 1. The SMILES string of the molecule is CCc1nc(Cl)c(C)c(NCC(C)(C)NS(C)(=O)=O)n1. The van der Waals surface area contributed by atoms with Gasteiger partial charge in [-0.1, -0.05) is 18.5 Å². The van der Waals surface area contributed by atoms with Gasteiger partial charge in [-0.2, -0.15) is 0 Å². The van der Waals surface area contributed by atoms with Crippen LogP contribution in [0, 0.1) is 6.92 Å². The largest absolute Gasteiger partial charge is 0.368 e. The summed E-state index contributed by atoms with van der Waals surface area (Å²) in [5.74, 6) is 1.28. The van der Waals surface area contributed by atoms with Crippen molar-refractivity contribution in [3.05, 3.63) is 16.5 Å². The molecule has 0 aromatic carbocycles. The highest BCUT2D eigenvalue weighted by Gasteiger charge is 2.22. The van der Waals surface area contributed by atoms with Crippen LogP contribution in [0.3, 0.4) is 0 Å². The fourth-order valence-electron chi connectivity index (χ4n) is 1.71. The first-order chi connectivity index (χ1) is 9.04. The average molecular weight is 321 g/mol. The molecule has 0 saturated heterocycles. The molecular formula is C12H21ClN4O2S. The third-order valence-corrected chi connectivity index (χ3v) is 3.90. The first-order valence-corrected chi connectivity index (χ1v) is 8.57. The number of nitrogens with one attached hydrogen (secondary N) is 2. The predicted octanol–water partition coefficient (Wildman–Crippen LogP) is 1.74. The van der Waals surface area contributed by atoms with Gasteiger partial charge in [0.1, 0.15) is 16.8 Å². The minimum Gasteiger partial charge on any atom is -0.368 e. The van der Waals surface area contributed by atoms with Crippen molar-refractivity contribution in [1.82, 2.24) is 14.7 Å². The summed E-state index contributed by atoms with van der Waals surface area (Å²) >= 11 is 6.05. The Balaban J connectivity index is 2.87. The van der Waals surface area contributed by atoms with Gasteiger partial charge in [-0.3, -0.25) is 0 Å². The van der Waals surface area contributed by atoms with E-state index in [9.17, 15) is 8.42 Å². The molecule has 114 valence electrons. The molecule has 1 aromatic rings. The Morgan fingerprint density at radius 1 is 1.30 bits per heavy atom. The lowest BCUT2D eigenvalue weighted by Gasteiger charge is -2.26. The van der Waals surface area contributed by atoms with E-state index in [2.05, 4.69) is 20.0 Å². The molecule has 1 heterocycles. The topological polar surface area (TPSA) is 84.0 Å². The van der Waals surface area contributed by atoms with E-state index in [-0.39, 0.29) is 0 Å². The summed E-state index contributed by atoms with van der Waals surface area (Å²) in [7, 11) is -3.27. The predicted molar refractivity (Wildman–Crippen MR) is 81.7 cm³/mol. The van der Waals surface area contributed by atoms with Crippen LogP contribution in [0.25, 0.3) is 0 Å². The molecule has 8 heteroatoms. The maximum absolute atomic E-state index is 11.3. The van der Waals surface area contributed by atoms with Gasteiger partial charge in [0.25, 0.3) is 0 Å². The van der Waals surface area contributed by atoms with Crippen LogP contribution in [-0.4, -0.2) is 36.7 Å². The second-order valence-corrected chi connectivity index (χ2v) is 7.48. The number of aryl methyl sites for hydroxylation is 1. The smallest absolute Gasteiger partial charge is 0.209 e. The van der Waals surface area contributed by atoms with E-state index in [0.29, 0.717) is 29.8 Å². The van der Waals surface area contributed by atoms with Crippen LogP contribution in [0.5, 0.6) is 0 Å². The van der Waals surface area contributed by atoms with Gasteiger partial charge < -0.3 is 5.32 Å². The van der Waals surface area contributed by atoms with Gasteiger partial charge in [-0.05, 0) is 20.8 Å². The lowest BCUT2D eigenvalue weighted by atomic mass is 10.1. The van der Waals surface area contributed by atoms with Gasteiger partial charge in [0.15, 0.2) is 0 Å². The zero-order valence-corrected chi connectivity index (χ0v) is 14.0. The highest BCUT2D eigenvalue weighted by Crippen LogP contribution is 2.20. The summed E-state index contributed by atoms with van der Waals surface area (Å²) in [6.45, 7) is 7.73. The Morgan fingerprint density at radius 2 is 1.90 bits per heavy atom. The first kappa shape index (κ1) is 17.1. The van der Waals surface area contributed by atoms with Crippen LogP contribution >= 0.6 is 11.6 Å². The van der Waals surface area contributed by atoms with Crippen molar-refractivity contribution in [2.24, 2.45) is 0 Å². The van der Waals surface area contributed by atoms with Crippen LogP contribution in [-0.2, 0) is 16.4 Å². The molecule has 0 aliphatic rings. The summed E-state index contributed by atoms with van der Waals surface area (Å²) in [6.07, 6.45) is 1.82. The molecule has 6 nitrogen and oxygen atoms in total. The van der Waals surface area contributed by atoms with E-state index in [4.69, 9.17) is 11.6 Å². The van der Waals surface area contributed by atoms with Crippen LogP contribution < -0.4 is 10.0 Å². The van der Waals surface area contributed by atoms with Gasteiger partial charge >= 0.3 is 0 Å². The molecule has 1 aromatic heterocycles. The molecule has 0 unspecified atom stereocenters. The number of nitrogens with zero attached hydrogens (tertiary/aromatic N) is 2. The number of sulfonamides is 1. The molecular weight excluding hydrogens is 300 g/mol. The Kier molecular flexibility index (Phi) is 5.34. The molecule has 20 heavy (non-hydrogen) atoms. The summed E-state index contributed by atoms with van der Waals surface area (Å²) < 4.78 is 25.1. The Hall–Kier alpha value is -0.920. The highest BCUT2D eigenvalue weighted by atomic mass is 35.5. The number of rotatable bonds is 6. The van der Waals surface area contributed by atoms with Crippen LogP contribution in [0.1, 0.15) is 32.2 Å². The van der Waals surface area contributed by atoms with Crippen molar-refractivity contribution in [3.63, 3.8) is 0 Å². The molecule has 0 amide bonds. The molecule has 0 aliphatic carbocycles. The first-order valence-electron chi connectivity index (χ1n) is 6.30. The van der Waals surface area contributed by atoms with Crippen molar-refractivity contribution in [2.75, 3.05) is 18.1 Å². The van der Waals surface area contributed by atoms with Crippen molar-refractivity contribution in [3.8, 4) is 0 Å². The van der Waals surface area contributed by atoms with E-state index in [0.717, 1.165) is 11.8 Å². The maximum atomic E-state index is 11.3. The molecule has 0 aliphatic heterocycles. The van der Waals surface area contributed by atoms with Crippen LogP contribution in [0.4, 0.5) is 5.82 Å². The summed E-state index contributed by atoms with van der Waals surface area (Å²) in [4.78, 5) is 8.53. The number of aromatic nitrogens is 2. The molecule has 2 N–H and O–H groups in total. The molecule has 0 saturated carbocycles. The molecule has 0 fully saturated rings. The quantitative estimate of drug-likeness (QED) is 0.780. The van der Waals surface area contributed by atoms with Gasteiger partial charge in [0, 0.05) is 24.1 Å². The van der Waals surface area contributed by atoms with Crippen LogP contribution in [0.15, 0.2) is 0 Å². The molecule has 0 atom stereocenters. The van der Waals surface area contributed by atoms with E-state index < -0.39 is 15.6 Å². The van der Waals surface area contributed by atoms with Gasteiger partial charge in [0.05, 0.1) is 6.26 Å². The van der Waals surface area contributed by atoms with Crippen LogP contribution in [0.2, 0.25) is 5.15 Å². The normalized spacial score (nSPS) is 12.5. The molecule has 0 spiro atoms. The average Bonchev–Trinajstić information content (AvgIpc) is 2.27. The minimum atomic E-state index is -3.27. The van der Waals surface area contributed by atoms with E-state index >= 15 is 0 Å². The lowest BCUT2D eigenvalue weighted by molar-refractivity contribution is 0.475. The summed E-state index contributed by atoms with van der Waals surface area (Å²) in [5.41, 5.74) is 0.114. The van der Waals surface area contributed by atoms with Crippen molar-refractivity contribution >= 4 is 27.4 Å². The number of hydrogen-bond donors (Lipinski definition) is 2. The lowest BCUT2D eigenvalue weighted by Crippen LogP contribution is -2.47. The Labute approximate surface area is 125 Å². The van der Waals surface area contributed by atoms with Gasteiger partial charge in [-0.25, -0.2) is 23.1 Å². The fraction of sp³-hybridized carbons (Fsp3) is 0.667. The summed E-state index contributed by atoms with van der Waals surface area (Å²) in [5, 5.41) is 3.54. The van der Waals surface area contributed by atoms with Gasteiger partial charge in [-0.15, -0.1) is 0 Å². The zero-order chi connectivity index (χ0) is 15.6. The van der Waals surface area contributed by atoms with Gasteiger partial charge in [0.2, 0.25) is 10.0 Å². The second-order valence-electron chi connectivity index (χ2n) is 5.37. The maximum Gasteiger partial charge on any atom is 0.209 e. The third kappa shape index (κ3) is 5.22. The van der Waals surface area contributed by atoms with Crippen molar-refractivity contribution in [2.45, 2.75) is 39.7 Å². The molecule has 1 rings (SSSR count). The Bertz CT molecular complexity index is 587. The standard InChI is InChI=1S/C12H21ClN4O2S/c1-6-9-15-10(13)8(2)11(16-9)14-7-12(3,4)17-20(5,18)19/h17H,6-7H2,1-5H3,(H,14,15,16). The highest BCUT2D eigenvalue weighted by molar-refractivity contribution is 7.88. The Morgan fingerprint density at radius 3 is 2.40 bits per heavy atom. The number of hydrogen-bond acceptors (Lipinski definition) is 5. The van der Waals surface area contributed by atoms with E-state index in [1.165, 1.54) is 0 Å². The molecule has 0 bridgehead atoms. The second kappa shape index (κ2) is 6.24. The summed E-state index contributed by atoms with van der Waals surface area (Å²) in [6, 6.07) is 0. The fourth-order valence-corrected chi connectivity index (χ4v) is 2.97. The minimum absolute atomic E-state index is 0.386. The third-order valence-electron chi connectivity index (χ3n) is 2.61. The van der Waals surface area contributed by atoms with Crippen molar-refractivity contribution in [1.29, 1.82) is 0 Å². The number of halogens is 1. The van der Waals surface area contributed by atoms with E-state index in [1.807, 2.05) is 13.8 Å². The van der Waals surface area contributed by atoms with E-state index in [1.54, 1.807) is 13.8 Å². The molecule has 0 radical (unpaired) electrons. The zero-order valence-electron chi connectivity index (χ0n) is 12.4. The van der Waals surface area contributed by atoms with Crippen molar-refractivity contribution < 1.29 is 8.42 Å².